The van der Waals surface area contributed by atoms with Crippen molar-refractivity contribution in [1.29, 1.82) is 5.26 Å². The number of alkyl halides is 1. The molecule has 0 aromatic heterocycles. The molecule has 0 aromatic carbocycles. The molecule has 6 nitrogen and oxygen atoms in total. The van der Waals surface area contributed by atoms with Crippen molar-refractivity contribution in [1.82, 2.24) is 5.32 Å². The van der Waals surface area contributed by atoms with Gasteiger partial charge in [-0.1, -0.05) is 52.4 Å². The number of allylic oxidation sites excluding steroid dienone is 1. The molecule has 26 heavy (non-hydrogen) atoms. The molecule has 0 aliphatic heterocycles. The van der Waals surface area contributed by atoms with Crippen LogP contribution in [-0.4, -0.2) is 31.4 Å². The maximum absolute atomic E-state index is 8.64. The van der Waals surface area contributed by atoms with Crippen LogP contribution in [0.4, 0.5) is 0 Å². The molecular formula is C17H32BrK2N3O3. The van der Waals surface area contributed by atoms with E-state index >= 15 is 0 Å². The molecule has 0 radical (unpaired) electrons. The van der Waals surface area contributed by atoms with E-state index < -0.39 is 0 Å². The molecule has 0 aromatic rings. The monoisotopic (exact) mass is 483 g/mol. The van der Waals surface area contributed by atoms with Gasteiger partial charge in [-0.2, -0.15) is 5.26 Å². The Hall–Kier alpha value is 1.55. The van der Waals surface area contributed by atoms with Crippen LogP contribution in [0.5, 0.6) is 0 Å². The molecular weight excluding hydrogens is 452 g/mol. The summed E-state index contributed by atoms with van der Waals surface area (Å²) in [6, 6.07) is 1.75. The third-order valence-corrected chi connectivity index (χ3v) is 2.11. The number of nitriles is 1. The van der Waals surface area contributed by atoms with Gasteiger partial charge in [0.1, 0.15) is 0 Å². The minimum absolute atomic E-state index is 0. The molecule has 142 valence electrons. The first-order chi connectivity index (χ1) is 11.3. The zero-order chi connectivity index (χ0) is 20.2. The first-order valence-electron chi connectivity index (χ1n) is 6.79. The number of rotatable bonds is 7. The Balaban J connectivity index is -0.0000000283. The van der Waals surface area contributed by atoms with Gasteiger partial charge in [0.05, 0.1) is 6.07 Å². The maximum atomic E-state index is 8.64. The van der Waals surface area contributed by atoms with Crippen LogP contribution in [0.25, 0.3) is 0 Å². The van der Waals surface area contributed by atoms with Crippen LogP contribution < -0.4 is 119 Å². The Morgan fingerprint density at radius 1 is 1.31 bits per heavy atom. The van der Waals surface area contributed by atoms with Crippen LogP contribution in [-0.2, 0) is 9.68 Å². The number of carbonyl (C=O) groups is 1. The minimum Gasteiger partial charge on any atom is -1.00 e. The van der Waals surface area contributed by atoms with Crippen LogP contribution in [0.3, 0.4) is 0 Å². The molecule has 3 N–H and O–H groups in total. The second-order valence-electron chi connectivity index (χ2n) is 3.91. The third-order valence-electron chi connectivity index (χ3n) is 1.15. The average molecular weight is 485 g/mol. The number of nitrogens with one attached hydrogen (secondary N) is 1. The molecule has 0 fully saturated rings. The van der Waals surface area contributed by atoms with Crippen LogP contribution in [0.15, 0.2) is 49.6 Å². The van der Waals surface area contributed by atoms with Gasteiger partial charge in [0, 0.05) is 31.9 Å². The summed E-state index contributed by atoms with van der Waals surface area (Å²) in [5.41, 5.74) is 7.24. The number of hydrogen-bond acceptors (Lipinski definition) is 6. The SMILES string of the molecule is C=C(C)CBr.C=CCN.C=CCNCC(=C)C.CC#N.O=CO[O-].[H-].[K+].[K+]. The Bertz CT molecular complexity index is 349. The van der Waals surface area contributed by atoms with E-state index in [0.29, 0.717) is 6.54 Å². The van der Waals surface area contributed by atoms with Crippen molar-refractivity contribution in [3.05, 3.63) is 49.6 Å². The fourth-order valence-electron chi connectivity index (χ4n) is 0.388. The second kappa shape index (κ2) is 56.3. The van der Waals surface area contributed by atoms with Crippen LogP contribution in [0.2, 0.25) is 0 Å². The largest absolute Gasteiger partial charge is 1.00 e. The van der Waals surface area contributed by atoms with Crippen LogP contribution in [0.1, 0.15) is 22.2 Å². The summed E-state index contributed by atoms with van der Waals surface area (Å²) in [5, 5.41) is 19.8. The topological polar surface area (TPSA) is 111 Å². The molecule has 9 heteroatoms. The zero-order valence-corrected chi connectivity index (χ0v) is 24.8. The van der Waals surface area contributed by atoms with Crippen molar-refractivity contribution in [3.63, 3.8) is 0 Å². The normalized spacial score (nSPS) is 6.19. The van der Waals surface area contributed by atoms with Crippen molar-refractivity contribution in [2.75, 3.05) is 25.0 Å². The van der Waals surface area contributed by atoms with Gasteiger partial charge in [-0.3, -0.25) is 4.79 Å². The van der Waals surface area contributed by atoms with E-state index in [-0.39, 0.29) is 111 Å². The summed E-state index contributed by atoms with van der Waals surface area (Å²) < 4.78 is 0. The molecule has 0 saturated carbocycles. The molecule has 0 saturated heterocycles. The molecule has 0 bridgehead atoms. The van der Waals surface area contributed by atoms with Gasteiger partial charge in [-0.05, 0) is 13.8 Å². The van der Waals surface area contributed by atoms with E-state index in [1.54, 1.807) is 12.1 Å². The molecule has 0 spiro atoms. The summed E-state index contributed by atoms with van der Waals surface area (Å²) in [4.78, 5) is 11.2. The van der Waals surface area contributed by atoms with E-state index in [1.807, 2.05) is 19.9 Å². The Morgan fingerprint density at radius 2 is 1.62 bits per heavy atom. The van der Waals surface area contributed by atoms with Crippen molar-refractivity contribution < 1.29 is 119 Å². The molecule has 0 aliphatic carbocycles. The fraction of sp³-hybridized carbons (Fsp3) is 0.412. The summed E-state index contributed by atoms with van der Waals surface area (Å²) in [6.07, 6.45) is 3.49. The van der Waals surface area contributed by atoms with E-state index in [4.69, 9.17) is 21.0 Å². The molecule has 0 unspecified atom stereocenters. The van der Waals surface area contributed by atoms with Gasteiger partial charge < -0.3 is 22.6 Å². The quantitative estimate of drug-likeness (QED) is 0.0739. The number of halogens is 1. The van der Waals surface area contributed by atoms with E-state index in [0.717, 1.165) is 24.0 Å². The molecule has 0 aliphatic rings. The molecule has 0 rings (SSSR count). The fourth-order valence-corrected chi connectivity index (χ4v) is 0.388. The van der Waals surface area contributed by atoms with Gasteiger partial charge in [0.25, 0.3) is 6.47 Å². The van der Waals surface area contributed by atoms with Crippen molar-refractivity contribution in [2.45, 2.75) is 20.8 Å². The van der Waals surface area contributed by atoms with Gasteiger partial charge in [0.15, 0.2) is 0 Å². The first kappa shape index (κ1) is 46.0. The maximum Gasteiger partial charge on any atom is 1.00 e. The van der Waals surface area contributed by atoms with E-state index in [1.165, 1.54) is 12.5 Å². The van der Waals surface area contributed by atoms with Gasteiger partial charge >= 0.3 is 103 Å². The summed E-state index contributed by atoms with van der Waals surface area (Å²) in [6.45, 7) is 21.8. The summed E-state index contributed by atoms with van der Waals surface area (Å²) in [7, 11) is 0. The summed E-state index contributed by atoms with van der Waals surface area (Å²) in [5.74, 6) is 0. The number of carbonyl (C=O) groups excluding carboxylic acids is 1. The van der Waals surface area contributed by atoms with Gasteiger partial charge in [-0.25, -0.2) is 0 Å². The molecule has 0 amide bonds. The number of hydrogen-bond donors (Lipinski definition) is 2. The smallest absolute Gasteiger partial charge is 1.00 e. The number of nitrogens with two attached hydrogens (primary N) is 1. The minimum atomic E-state index is -0.181. The number of nitrogens with zero attached hydrogens (tertiary/aromatic N) is 1. The summed E-state index contributed by atoms with van der Waals surface area (Å²) >= 11 is 3.21. The Morgan fingerprint density at radius 3 is 1.73 bits per heavy atom. The predicted molar refractivity (Wildman–Crippen MR) is 105 cm³/mol. The first-order valence-corrected chi connectivity index (χ1v) is 7.91. The van der Waals surface area contributed by atoms with E-state index in [9.17, 15) is 0 Å². The third kappa shape index (κ3) is 138. The second-order valence-corrected chi connectivity index (χ2v) is 4.47. The van der Waals surface area contributed by atoms with Crippen LogP contribution >= 0.6 is 15.9 Å². The van der Waals surface area contributed by atoms with Crippen LogP contribution in [0, 0.1) is 11.3 Å². The van der Waals surface area contributed by atoms with Crippen molar-refractivity contribution in [2.24, 2.45) is 5.73 Å². The van der Waals surface area contributed by atoms with Crippen molar-refractivity contribution >= 4 is 22.4 Å². The van der Waals surface area contributed by atoms with Gasteiger partial charge in [0.2, 0.25) is 0 Å². The average Bonchev–Trinajstić information content (AvgIpc) is 2.56. The molecule has 0 heterocycles. The molecule has 0 atom stereocenters. The zero-order valence-electron chi connectivity index (χ0n) is 18.0. The Kier molecular flexibility index (Phi) is 99.5. The Labute approximate surface area is 254 Å². The standard InChI is InChI=1S/C7H13N.C4H7Br.C3H7N.C2H3N.CH2O3.2K.H/c1-4-5-8-6-7(2)3;1-4(2)3-5;1-2-3-4;1-2-3;2-1-4-3;;;/h4,8H,1-2,5-6H2,3H3;1,3H2,2H3;2H,1,3-4H2;1H3;1,3H;;;/q;;;;;2*+1;-1/p-1. The van der Waals surface area contributed by atoms with Gasteiger partial charge in [-0.15, -0.1) is 13.2 Å². The van der Waals surface area contributed by atoms with E-state index in [2.05, 4.69) is 52.5 Å². The predicted octanol–water partition coefficient (Wildman–Crippen LogP) is -3.49. The van der Waals surface area contributed by atoms with Crippen molar-refractivity contribution in [3.8, 4) is 6.07 Å².